The van der Waals surface area contributed by atoms with E-state index in [1.54, 1.807) is 0 Å². The predicted molar refractivity (Wildman–Crippen MR) is 80.6 cm³/mol. The summed E-state index contributed by atoms with van der Waals surface area (Å²) in [5.74, 6) is -4.70. The minimum Gasteiger partial charge on any atom is -0.481 e. The summed E-state index contributed by atoms with van der Waals surface area (Å²) >= 11 is 0. The van der Waals surface area contributed by atoms with Crippen LogP contribution in [0, 0.1) is 0 Å². The Morgan fingerprint density at radius 1 is 0.750 bits per heavy atom. The number of carbonyl (C=O) groups is 4. The van der Waals surface area contributed by atoms with Crippen molar-refractivity contribution >= 4 is 23.9 Å². The van der Waals surface area contributed by atoms with E-state index in [-0.39, 0.29) is 38.8 Å². The normalized spacial score (nSPS) is 14.5. The lowest BCUT2D eigenvalue weighted by Crippen LogP contribution is -2.44. The largest absolute Gasteiger partial charge is 0.481 e. The first kappa shape index (κ1) is 21.8. The van der Waals surface area contributed by atoms with Gasteiger partial charge in [-0.15, -0.1) is 0 Å². The van der Waals surface area contributed by atoms with Gasteiger partial charge in [-0.1, -0.05) is 0 Å². The lowest BCUT2D eigenvalue weighted by atomic mass is 10.1. The summed E-state index contributed by atoms with van der Waals surface area (Å²) in [6.45, 7) is 0.108. The van der Waals surface area contributed by atoms with E-state index in [1.807, 2.05) is 0 Å². The van der Waals surface area contributed by atoms with Crippen molar-refractivity contribution in [2.45, 2.75) is 43.8 Å². The first-order valence-corrected chi connectivity index (χ1v) is 7.27. The third-order valence-electron chi connectivity index (χ3n) is 3.23. The van der Waals surface area contributed by atoms with Crippen LogP contribution in [-0.2, 0) is 19.2 Å². The van der Waals surface area contributed by atoms with E-state index in [2.05, 4.69) is 10.6 Å². The maximum absolute atomic E-state index is 11.1. The molecule has 0 amide bonds. The molecule has 24 heavy (non-hydrogen) atoms. The van der Waals surface area contributed by atoms with E-state index in [9.17, 15) is 19.2 Å². The van der Waals surface area contributed by atoms with Gasteiger partial charge in [-0.3, -0.25) is 19.2 Å². The molecule has 0 saturated carbocycles. The Morgan fingerprint density at radius 3 is 1.62 bits per heavy atom. The highest BCUT2D eigenvalue weighted by Gasteiger charge is 2.21. The predicted octanol–water partition coefficient (Wildman–Crippen LogP) is -1.87. The second-order valence-corrected chi connectivity index (χ2v) is 5.14. The molecule has 0 bridgehead atoms. The maximum atomic E-state index is 11.1. The number of hydrogen-bond acceptors (Lipinski definition) is 7. The van der Waals surface area contributed by atoms with Crippen LogP contribution < -0.4 is 16.4 Å². The standard InChI is InChI=1S/C13H23N3O8/c14-7(11(19)20)3-5-15-9(13(23)24)4-6-16-8(12(21)22)1-2-10(17)18/h7-9,15-16H,1-6,14H2,(H,17,18)(H,19,20)(H,21,22)(H,23,24). The quantitative estimate of drug-likeness (QED) is 0.185. The Balaban J connectivity index is 4.27. The van der Waals surface area contributed by atoms with Gasteiger partial charge in [-0.05, 0) is 32.4 Å². The molecule has 0 fully saturated rings. The molecule has 8 N–H and O–H groups in total. The maximum Gasteiger partial charge on any atom is 0.320 e. The van der Waals surface area contributed by atoms with Crippen LogP contribution in [0.4, 0.5) is 0 Å². The highest BCUT2D eigenvalue weighted by molar-refractivity contribution is 5.75. The van der Waals surface area contributed by atoms with Crippen LogP contribution in [0.2, 0.25) is 0 Å². The molecule has 0 aliphatic rings. The summed E-state index contributed by atoms with van der Waals surface area (Å²) in [6, 6.07) is -3.19. The molecule has 0 aromatic rings. The van der Waals surface area contributed by atoms with Gasteiger partial charge >= 0.3 is 23.9 Å². The Labute approximate surface area is 137 Å². The van der Waals surface area contributed by atoms with E-state index >= 15 is 0 Å². The zero-order valence-electron chi connectivity index (χ0n) is 13.0. The SMILES string of the molecule is NC(CCNC(CCNC(CCC(=O)O)C(=O)O)C(=O)O)C(=O)O. The molecule has 11 heteroatoms. The van der Waals surface area contributed by atoms with Crippen molar-refractivity contribution in [3.05, 3.63) is 0 Å². The van der Waals surface area contributed by atoms with Gasteiger partial charge in [0, 0.05) is 6.42 Å². The summed E-state index contributed by atoms with van der Waals surface area (Å²) < 4.78 is 0. The molecule has 0 saturated heterocycles. The van der Waals surface area contributed by atoms with Gasteiger partial charge in [0.05, 0.1) is 0 Å². The number of aliphatic carboxylic acids is 4. The average molecular weight is 349 g/mol. The highest BCUT2D eigenvalue weighted by atomic mass is 16.4. The Morgan fingerprint density at radius 2 is 1.21 bits per heavy atom. The molecule has 0 spiro atoms. The smallest absolute Gasteiger partial charge is 0.320 e. The summed E-state index contributed by atoms with van der Waals surface area (Å²) in [5, 5.41) is 40.4. The van der Waals surface area contributed by atoms with Crippen molar-refractivity contribution in [2.24, 2.45) is 5.73 Å². The summed E-state index contributed by atoms with van der Waals surface area (Å²) in [5.41, 5.74) is 5.30. The van der Waals surface area contributed by atoms with Crippen molar-refractivity contribution in [1.82, 2.24) is 10.6 Å². The molecular weight excluding hydrogens is 326 g/mol. The van der Waals surface area contributed by atoms with Crippen molar-refractivity contribution < 1.29 is 39.6 Å². The number of hydrogen-bond donors (Lipinski definition) is 7. The first-order chi connectivity index (χ1) is 11.1. The molecule has 138 valence electrons. The van der Waals surface area contributed by atoms with Crippen LogP contribution in [-0.4, -0.2) is 75.5 Å². The van der Waals surface area contributed by atoms with E-state index in [1.165, 1.54) is 0 Å². The van der Waals surface area contributed by atoms with Crippen LogP contribution in [0.25, 0.3) is 0 Å². The zero-order valence-corrected chi connectivity index (χ0v) is 13.0. The van der Waals surface area contributed by atoms with Gasteiger partial charge in [0.25, 0.3) is 0 Å². The fourth-order valence-corrected chi connectivity index (χ4v) is 1.83. The van der Waals surface area contributed by atoms with Gasteiger partial charge in [0.15, 0.2) is 0 Å². The third-order valence-corrected chi connectivity index (χ3v) is 3.23. The molecule has 0 heterocycles. The lowest BCUT2D eigenvalue weighted by molar-refractivity contribution is -0.141. The Bertz CT molecular complexity index is 456. The van der Waals surface area contributed by atoms with Gasteiger partial charge in [-0.25, -0.2) is 0 Å². The van der Waals surface area contributed by atoms with Crippen LogP contribution in [0.5, 0.6) is 0 Å². The molecule has 0 aromatic heterocycles. The molecule has 0 radical (unpaired) electrons. The first-order valence-electron chi connectivity index (χ1n) is 7.27. The second kappa shape index (κ2) is 11.3. The molecule has 3 atom stereocenters. The number of nitrogens with one attached hydrogen (secondary N) is 2. The topological polar surface area (TPSA) is 199 Å². The molecule has 0 aliphatic carbocycles. The zero-order chi connectivity index (χ0) is 18.7. The molecule has 0 aromatic carbocycles. The third kappa shape index (κ3) is 9.71. The van der Waals surface area contributed by atoms with Crippen molar-refractivity contribution in [1.29, 1.82) is 0 Å². The summed E-state index contributed by atoms with van der Waals surface area (Å²) in [7, 11) is 0. The number of nitrogens with two attached hydrogens (primary N) is 1. The number of carboxylic acids is 4. The Kier molecular flexibility index (Phi) is 10.3. The molecule has 0 aliphatic heterocycles. The molecule has 3 unspecified atom stereocenters. The van der Waals surface area contributed by atoms with Crippen LogP contribution in [0.15, 0.2) is 0 Å². The van der Waals surface area contributed by atoms with Gasteiger partial charge in [0.1, 0.15) is 18.1 Å². The molecule has 0 rings (SSSR count). The van der Waals surface area contributed by atoms with E-state index in [0.29, 0.717) is 0 Å². The van der Waals surface area contributed by atoms with Gasteiger partial charge in [-0.2, -0.15) is 0 Å². The van der Waals surface area contributed by atoms with E-state index in [0.717, 1.165) is 0 Å². The van der Waals surface area contributed by atoms with Gasteiger partial charge < -0.3 is 36.8 Å². The van der Waals surface area contributed by atoms with Crippen molar-refractivity contribution in [2.75, 3.05) is 13.1 Å². The van der Waals surface area contributed by atoms with Gasteiger partial charge in [0.2, 0.25) is 0 Å². The van der Waals surface area contributed by atoms with Crippen LogP contribution in [0.3, 0.4) is 0 Å². The van der Waals surface area contributed by atoms with Crippen LogP contribution >= 0.6 is 0 Å². The molecular formula is C13H23N3O8. The number of rotatable bonds is 14. The average Bonchev–Trinajstić information content (AvgIpc) is 2.47. The van der Waals surface area contributed by atoms with E-state index < -0.39 is 42.0 Å². The highest BCUT2D eigenvalue weighted by Crippen LogP contribution is 2.00. The fourth-order valence-electron chi connectivity index (χ4n) is 1.83. The lowest BCUT2D eigenvalue weighted by Gasteiger charge is -2.18. The van der Waals surface area contributed by atoms with Crippen molar-refractivity contribution in [3.8, 4) is 0 Å². The monoisotopic (exact) mass is 349 g/mol. The summed E-state index contributed by atoms with van der Waals surface area (Å²) in [4.78, 5) is 43.1. The minimum atomic E-state index is -1.22. The van der Waals surface area contributed by atoms with E-state index in [4.69, 9.17) is 26.2 Å². The second-order valence-electron chi connectivity index (χ2n) is 5.14. The van der Waals surface area contributed by atoms with Crippen LogP contribution in [0.1, 0.15) is 25.7 Å². The molecule has 11 nitrogen and oxygen atoms in total. The van der Waals surface area contributed by atoms with Crippen molar-refractivity contribution in [3.63, 3.8) is 0 Å². The number of carboxylic acid groups (broad SMARTS) is 4. The fraction of sp³-hybridized carbons (Fsp3) is 0.692. The minimum absolute atomic E-state index is 0.0333. The Hall–Kier alpha value is -2.24. The summed E-state index contributed by atoms with van der Waals surface area (Å²) in [6.07, 6.45) is -0.363.